The zero-order valence-electron chi connectivity index (χ0n) is 9.90. The van der Waals surface area contributed by atoms with Crippen LogP contribution < -0.4 is 5.32 Å². The third kappa shape index (κ3) is 3.44. The highest BCUT2D eigenvalue weighted by Gasteiger charge is 2.03. The normalized spacial score (nSPS) is 10.1. The van der Waals surface area contributed by atoms with Crippen molar-refractivity contribution < 1.29 is 4.79 Å². The van der Waals surface area contributed by atoms with E-state index in [4.69, 9.17) is 0 Å². The van der Waals surface area contributed by atoms with Gasteiger partial charge in [0.1, 0.15) is 0 Å². The number of alkyl halides is 1. The van der Waals surface area contributed by atoms with Crippen molar-refractivity contribution in [2.45, 2.75) is 11.9 Å². The first-order valence-electron chi connectivity index (χ1n) is 5.76. The quantitative estimate of drug-likeness (QED) is 0.861. The predicted molar refractivity (Wildman–Crippen MR) is 76.7 cm³/mol. The molecule has 0 heterocycles. The summed E-state index contributed by atoms with van der Waals surface area (Å²) < 4.78 is 0. The van der Waals surface area contributed by atoms with Gasteiger partial charge in [0.15, 0.2) is 0 Å². The fourth-order valence-electron chi connectivity index (χ4n) is 1.70. The van der Waals surface area contributed by atoms with Crippen LogP contribution in [0.2, 0.25) is 0 Å². The lowest BCUT2D eigenvalue weighted by molar-refractivity contribution is 0.0951. The maximum Gasteiger partial charge on any atom is 0.251 e. The van der Waals surface area contributed by atoms with E-state index in [0.717, 1.165) is 10.9 Å². The van der Waals surface area contributed by atoms with Crippen molar-refractivity contribution in [3.8, 4) is 0 Å². The van der Waals surface area contributed by atoms with Crippen LogP contribution >= 0.6 is 15.9 Å². The summed E-state index contributed by atoms with van der Waals surface area (Å²) in [4.78, 5) is 11.9. The van der Waals surface area contributed by atoms with Crippen LogP contribution in [-0.2, 0) is 11.9 Å². The van der Waals surface area contributed by atoms with Crippen LogP contribution in [0.5, 0.6) is 0 Å². The van der Waals surface area contributed by atoms with Gasteiger partial charge in [0.05, 0.1) is 0 Å². The monoisotopic (exact) mass is 303 g/mol. The van der Waals surface area contributed by atoms with Gasteiger partial charge in [-0.3, -0.25) is 4.79 Å². The van der Waals surface area contributed by atoms with Crippen LogP contribution in [0.15, 0.2) is 54.6 Å². The fourth-order valence-corrected chi connectivity index (χ4v) is 2.05. The Morgan fingerprint density at radius 2 is 1.72 bits per heavy atom. The minimum Gasteiger partial charge on any atom is -0.348 e. The van der Waals surface area contributed by atoms with Crippen LogP contribution in [-0.4, -0.2) is 5.91 Å². The molecule has 0 aliphatic heterocycles. The molecule has 1 amide bonds. The van der Waals surface area contributed by atoms with E-state index in [9.17, 15) is 4.79 Å². The number of amides is 1. The van der Waals surface area contributed by atoms with E-state index in [1.54, 1.807) is 0 Å². The molecule has 2 rings (SSSR count). The van der Waals surface area contributed by atoms with Crippen molar-refractivity contribution >= 4 is 21.8 Å². The van der Waals surface area contributed by atoms with E-state index in [-0.39, 0.29) is 5.91 Å². The Balaban J connectivity index is 1.97. The Bertz CT molecular complexity index is 525. The molecule has 0 radical (unpaired) electrons. The van der Waals surface area contributed by atoms with Gasteiger partial charge in [-0.05, 0) is 23.3 Å². The minimum atomic E-state index is -0.0418. The number of hydrogen-bond acceptors (Lipinski definition) is 1. The molecular formula is C15H14BrNO. The maximum absolute atomic E-state index is 11.9. The van der Waals surface area contributed by atoms with Crippen molar-refractivity contribution in [1.82, 2.24) is 5.32 Å². The van der Waals surface area contributed by atoms with Crippen LogP contribution in [0, 0.1) is 0 Å². The largest absolute Gasteiger partial charge is 0.348 e. The Kier molecular flexibility index (Phi) is 4.53. The molecule has 0 spiro atoms. The molecule has 0 bridgehead atoms. The lowest BCUT2D eigenvalue weighted by Crippen LogP contribution is -2.22. The first kappa shape index (κ1) is 12.8. The molecule has 2 aromatic rings. The lowest BCUT2D eigenvalue weighted by Gasteiger charge is -2.06. The molecule has 0 saturated heterocycles. The fraction of sp³-hybridized carbons (Fsp3) is 0.133. The lowest BCUT2D eigenvalue weighted by atomic mass is 10.1. The highest BCUT2D eigenvalue weighted by atomic mass is 79.9. The average Bonchev–Trinajstić information content (AvgIpc) is 2.46. The smallest absolute Gasteiger partial charge is 0.251 e. The van der Waals surface area contributed by atoms with Crippen LogP contribution in [0.3, 0.4) is 0 Å². The zero-order valence-corrected chi connectivity index (χ0v) is 11.5. The topological polar surface area (TPSA) is 29.1 Å². The Labute approximate surface area is 115 Å². The molecule has 2 aromatic carbocycles. The summed E-state index contributed by atoms with van der Waals surface area (Å²) in [6.45, 7) is 0.550. The van der Waals surface area contributed by atoms with Gasteiger partial charge in [-0.25, -0.2) is 0 Å². The van der Waals surface area contributed by atoms with E-state index in [0.29, 0.717) is 12.1 Å². The van der Waals surface area contributed by atoms with Gasteiger partial charge in [0.2, 0.25) is 0 Å². The molecule has 0 aliphatic rings. The van der Waals surface area contributed by atoms with Crippen molar-refractivity contribution in [3.63, 3.8) is 0 Å². The summed E-state index contributed by atoms with van der Waals surface area (Å²) in [7, 11) is 0. The molecule has 18 heavy (non-hydrogen) atoms. The van der Waals surface area contributed by atoms with Crippen molar-refractivity contribution in [1.29, 1.82) is 0 Å². The van der Waals surface area contributed by atoms with Gasteiger partial charge < -0.3 is 5.32 Å². The maximum atomic E-state index is 11.9. The van der Waals surface area contributed by atoms with Gasteiger partial charge in [0.25, 0.3) is 5.91 Å². The molecule has 0 aliphatic carbocycles. The summed E-state index contributed by atoms with van der Waals surface area (Å²) in [6.07, 6.45) is 0. The number of halogens is 1. The standard InChI is InChI=1S/C15H14BrNO/c16-10-12-5-4-6-13(9-12)11-17-15(18)14-7-2-1-3-8-14/h1-9H,10-11H2,(H,17,18). The molecule has 1 N–H and O–H groups in total. The number of hydrogen-bond donors (Lipinski definition) is 1. The van der Waals surface area contributed by atoms with E-state index in [1.807, 2.05) is 42.5 Å². The molecule has 3 heteroatoms. The van der Waals surface area contributed by atoms with Gasteiger partial charge in [-0.15, -0.1) is 0 Å². The summed E-state index contributed by atoms with van der Waals surface area (Å²) >= 11 is 3.42. The first-order chi connectivity index (χ1) is 8.79. The van der Waals surface area contributed by atoms with Gasteiger partial charge >= 0.3 is 0 Å². The third-order valence-electron chi connectivity index (χ3n) is 2.63. The van der Waals surface area contributed by atoms with Gasteiger partial charge in [-0.2, -0.15) is 0 Å². The number of nitrogens with one attached hydrogen (secondary N) is 1. The zero-order chi connectivity index (χ0) is 12.8. The predicted octanol–water partition coefficient (Wildman–Crippen LogP) is 3.51. The average molecular weight is 304 g/mol. The molecule has 0 unspecified atom stereocenters. The molecule has 0 atom stereocenters. The van der Waals surface area contributed by atoms with Crippen LogP contribution in [0.4, 0.5) is 0 Å². The van der Waals surface area contributed by atoms with Crippen molar-refractivity contribution in [2.24, 2.45) is 0 Å². The molecular weight excluding hydrogens is 290 g/mol. The van der Waals surface area contributed by atoms with Gasteiger partial charge in [0, 0.05) is 17.4 Å². The Morgan fingerprint density at radius 3 is 2.44 bits per heavy atom. The second-order valence-electron chi connectivity index (χ2n) is 4.00. The summed E-state index contributed by atoms with van der Waals surface area (Å²) in [6, 6.07) is 17.4. The number of rotatable bonds is 4. The van der Waals surface area contributed by atoms with Crippen molar-refractivity contribution in [2.75, 3.05) is 0 Å². The SMILES string of the molecule is O=C(NCc1cccc(CBr)c1)c1ccccc1. The summed E-state index contributed by atoms with van der Waals surface area (Å²) in [5.74, 6) is -0.0418. The molecule has 0 aromatic heterocycles. The molecule has 2 nitrogen and oxygen atoms in total. The minimum absolute atomic E-state index is 0.0418. The number of carbonyl (C=O) groups is 1. The number of carbonyl (C=O) groups excluding carboxylic acids is 1. The Morgan fingerprint density at radius 1 is 1.00 bits per heavy atom. The summed E-state index contributed by atoms with van der Waals surface area (Å²) in [5.41, 5.74) is 3.01. The molecule has 0 fully saturated rings. The van der Waals surface area contributed by atoms with Crippen LogP contribution in [0.25, 0.3) is 0 Å². The highest BCUT2D eigenvalue weighted by molar-refractivity contribution is 9.08. The van der Waals surface area contributed by atoms with Crippen LogP contribution in [0.1, 0.15) is 21.5 Å². The van der Waals surface area contributed by atoms with E-state index < -0.39 is 0 Å². The van der Waals surface area contributed by atoms with E-state index in [1.165, 1.54) is 5.56 Å². The van der Waals surface area contributed by atoms with E-state index in [2.05, 4.69) is 33.4 Å². The third-order valence-corrected chi connectivity index (χ3v) is 3.28. The molecule has 0 saturated carbocycles. The highest BCUT2D eigenvalue weighted by Crippen LogP contribution is 2.09. The van der Waals surface area contributed by atoms with Gasteiger partial charge in [-0.1, -0.05) is 58.4 Å². The summed E-state index contributed by atoms with van der Waals surface area (Å²) in [5, 5.41) is 3.74. The second-order valence-corrected chi connectivity index (χ2v) is 4.56. The molecule has 92 valence electrons. The van der Waals surface area contributed by atoms with E-state index >= 15 is 0 Å². The number of benzene rings is 2. The Hall–Kier alpha value is -1.61. The second kappa shape index (κ2) is 6.36. The van der Waals surface area contributed by atoms with Crippen molar-refractivity contribution in [3.05, 3.63) is 71.3 Å². The first-order valence-corrected chi connectivity index (χ1v) is 6.89.